The smallest absolute Gasteiger partial charge is 0.260 e. The van der Waals surface area contributed by atoms with Gasteiger partial charge < -0.3 is 9.80 Å². The number of halogens is 1. The van der Waals surface area contributed by atoms with Gasteiger partial charge in [0.05, 0.1) is 11.7 Å². The molecule has 34 heavy (non-hydrogen) atoms. The summed E-state index contributed by atoms with van der Waals surface area (Å²) in [4.78, 5) is 40.8. The van der Waals surface area contributed by atoms with Gasteiger partial charge in [0.15, 0.2) is 5.82 Å². The minimum atomic E-state index is -0.470. The molecule has 0 N–H and O–H groups in total. The van der Waals surface area contributed by atoms with Crippen LogP contribution in [-0.4, -0.2) is 40.9 Å². The highest BCUT2D eigenvalue weighted by Gasteiger charge is 2.44. The van der Waals surface area contributed by atoms with Gasteiger partial charge in [-0.3, -0.25) is 19.5 Å². The predicted molar refractivity (Wildman–Crippen MR) is 129 cm³/mol. The van der Waals surface area contributed by atoms with Crippen molar-refractivity contribution in [3.8, 4) is 0 Å². The van der Waals surface area contributed by atoms with E-state index < -0.39 is 11.9 Å². The zero-order chi connectivity index (χ0) is 22.9. The number of amides is 2. The Morgan fingerprint density at radius 3 is 2.59 bits per heavy atom. The van der Waals surface area contributed by atoms with Gasteiger partial charge in [-0.2, -0.15) is 0 Å². The van der Waals surface area contributed by atoms with Gasteiger partial charge in [0.25, 0.3) is 5.91 Å². The third-order valence-corrected chi connectivity index (χ3v) is 6.76. The lowest BCUT2D eigenvalue weighted by Crippen LogP contribution is -2.52. The third-order valence-electron chi connectivity index (χ3n) is 6.76. The van der Waals surface area contributed by atoms with E-state index in [0.717, 1.165) is 24.1 Å². The number of aromatic nitrogens is 2. The van der Waals surface area contributed by atoms with Gasteiger partial charge in [0.2, 0.25) is 5.91 Å². The molecule has 0 radical (unpaired) electrons. The second kappa shape index (κ2) is 7.90. The lowest BCUT2D eigenvalue weighted by Gasteiger charge is -2.40. The van der Waals surface area contributed by atoms with Crippen LogP contribution in [0.25, 0.3) is 0 Å². The molecule has 2 amide bonds. The molecule has 1 fully saturated rings. The van der Waals surface area contributed by atoms with Crippen molar-refractivity contribution in [3.05, 3.63) is 77.4 Å². The molecule has 2 aromatic heterocycles. The van der Waals surface area contributed by atoms with E-state index in [9.17, 15) is 14.0 Å². The largest absolute Gasteiger partial charge is 0.340 e. The Labute approximate surface area is 197 Å². The number of carbonyl (C=O) groups is 2. The first-order chi connectivity index (χ1) is 16.0. The van der Waals surface area contributed by atoms with Gasteiger partial charge in [-0.15, -0.1) is 0 Å². The molecule has 1 aliphatic carbocycles. The second-order valence-corrected chi connectivity index (χ2v) is 8.82. The molecule has 6 rings (SSSR count). The predicted octanol–water partition coefficient (Wildman–Crippen LogP) is 4.34. The van der Waals surface area contributed by atoms with E-state index in [1.165, 1.54) is 12.1 Å². The van der Waals surface area contributed by atoms with E-state index in [1.54, 1.807) is 41.4 Å². The molecule has 1 saturated carbocycles. The standard InChI is InChI=1S/C25H22FN5O2.CH4/c1-14-24(32)29(2)20-9-10-21(28-23(20)30(14)17-6-7-17)31-22(15-4-3-11-27-13-15)18-8-5-16(26)12-19(18)25(31)33;/h3-5,8-14,17,22H,6-7H2,1-2H3;1H4. The lowest BCUT2D eigenvalue weighted by molar-refractivity contribution is -0.119. The summed E-state index contributed by atoms with van der Waals surface area (Å²) in [7, 11) is 1.75. The van der Waals surface area contributed by atoms with Crippen LogP contribution in [0.4, 0.5) is 21.7 Å². The van der Waals surface area contributed by atoms with Crippen LogP contribution < -0.4 is 14.7 Å². The number of rotatable bonds is 3. The fourth-order valence-corrected chi connectivity index (χ4v) is 5.00. The Morgan fingerprint density at radius 1 is 1.09 bits per heavy atom. The highest BCUT2D eigenvalue weighted by Crippen LogP contribution is 2.45. The van der Waals surface area contributed by atoms with Crippen LogP contribution in [0, 0.1) is 5.82 Å². The summed E-state index contributed by atoms with van der Waals surface area (Å²) in [5.41, 5.74) is 2.58. The van der Waals surface area contributed by atoms with Gasteiger partial charge in [-0.1, -0.05) is 19.6 Å². The minimum Gasteiger partial charge on any atom is -0.340 e. The van der Waals surface area contributed by atoms with Gasteiger partial charge in [0.1, 0.15) is 17.7 Å². The van der Waals surface area contributed by atoms with Crippen LogP contribution in [0.3, 0.4) is 0 Å². The van der Waals surface area contributed by atoms with Crippen molar-refractivity contribution in [2.75, 3.05) is 21.7 Å². The highest BCUT2D eigenvalue weighted by molar-refractivity contribution is 6.12. The summed E-state index contributed by atoms with van der Waals surface area (Å²) < 4.78 is 14.0. The minimum absolute atomic E-state index is 0. The first-order valence-corrected chi connectivity index (χ1v) is 11.1. The molecule has 4 heterocycles. The van der Waals surface area contributed by atoms with Crippen LogP contribution in [-0.2, 0) is 4.79 Å². The molecule has 2 aliphatic heterocycles. The molecule has 8 heteroatoms. The number of hydrogen-bond acceptors (Lipinski definition) is 5. The maximum Gasteiger partial charge on any atom is 0.260 e. The number of anilines is 3. The first-order valence-electron chi connectivity index (χ1n) is 11.1. The number of fused-ring (bicyclic) bond motifs is 2. The molecule has 2 unspecified atom stereocenters. The Balaban J connectivity index is 0.00000241. The first kappa shape index (κ1) is 22.0. The van der Waals surface area contributed by atoms with E-state index in [0.29, 0.717) is 22.8 Å². The molecule has 0 bridgehead atoms. The van der Waals surface area contributed by atoms with Crippen molar-refractivity contribution in [2.45, 2.75) is 45.3 Å². The highest BCUT2D eigenvalue weighted by atomic mass is 19.1. The molecule has 1 aromatic carbocycles. The normalized spacial score (nSPS) is 21.3. The molecule has 3 aliphatic rings. The van der Waals surface area contributed by atoms with Crippen LogP contribution in [0.5, 0.6) is 0 Å². The SMILES string of the molecule is C.CC1C(=O)N(C)c2ccc(N3C(=O)c4cc(F)ccc4C3c3cccnc3)nc2N1C1CC1. The van der Waals surface area contributed by atoms with E-state index >= 15 is 0 Å². The van der Waals surface area contributed by atoms with Crippen LogP contribution in [0.2, 0.25) is 0 Å². The number of nitrogens with zero attached hydrogens (tertiary/aromatic N) is 5. The quantitative estimate of drug-likeness (QED) is 0.583. The van der Waals surface area contributed by atoms with Gasteiger partial charge >= 0.3 is 0 Å². The summed E-state index contributed by atoms with van der Waals surface area (Å²) >= 11 is 0. The Kier molecular flexibility index (Phi) is 5.11. The molecule has 3 aromatic rings. The summed E-state index contributed by atoms with van der Waals surface area (Å²) in [5.74, 6) is 0.421. The number of likely N-dealkylation sites (N-methyl/N-ethyl adjacent to an activating group) is 1. The van der Waals surface area contributed by atoms with Crippen molar-refractivity contribution in [1.82, 2.24) is 9.97 Å². The summed E-state index contributed by atoms with van der Waals surface area (Å²) in [5, 5.41) is 0. The molecule has 2 atom stereocenters. The Morgan fingerprint density at radius 2 is 1.88 bits per heavy atom. The molecule has 0 spiro atoms. The second-order valence-electron chi connectivity index (χ2n) is 8.82. The van der Waals surface area contributed by atoms with Gasteiger partial charge in [-0.25, -0.2) is 9.37 Å². The van der Waals surface area contributed by atoms with E-state index in [2.05, 4.69) is 9.88 Å². The fraction of sp³-hybridized carbons (Fsp3) is 0.308. The van der Waals surface area contributed by atoms with Gasteiger partial charge in [0, 0.05) is 31.0 Å². The van der Waals surface area contributed by atoms with E-state index in [-0.39, 0.29) is 31.3 Å². The molecule has 174 valence electrons. The molecule has 7 nitrogen and oxygen atoms in total. The van der Waals surface area contributed by atoms with Crippen molar-refractivity contribution >= 4 is 29.1 Å². The average Bonchev–Trinajstić information content (AvgIpc) is 3.62. The number of carbonyl (C=O) groups excluding carboxylic acids is 2. The Bertz CT molecular complexity index is 1290. The maximum absolute atomic E-state index is 14.0. The van der Waals surface area contributed by atoms with Gasteiger partial charge in [-0.05, 0) is 61.2 Å². The fourth-order valence-electron chi connectivity index (χ4n) is 5.00. The van der Waals surface area contributed by atoms with Crippen LogP contribution in [0.15, 0.2) is 54.9 Å². The average molecular weight is 460 g/mol. The lowest BCUT2D eigenvalue weighted by atomic mass is 9.99. The van der Waals surface area contributed by atoms with Crippen LogP contribution >= 0.6 is 0 Å². The van der Waals surface area contributed by atoms with Crippen molar-refractivity contribution in [1.29, 1.82) is 0 Å². The third kappa shape index (κ3) is 3.16. The van der Waals surface area contributed by atoms with Crippen LogP contribution in [0.1, 0.15) is 54.7 Å². The monoisotopic (exact) mass is 459 g/mol. The number of pyridine rings is 2. The number of benzene rings is 1. The number of hydrogen-bond donors (Lipinski definition) is 0. The molecular weight excluding hydrogens is 433 g/mol. The zero-order valence-corrected chi connectivity index (χ0v) is 18.3. The summed E-state index contributed by atoms with van der Waals surface area (Å²) in [6.07, 6.45) is 5.42. The van der Waals surface area contributed by atoms with Crippen molar-refractivity contribution in [2.24, 2.45) is 0 Å². The van der Waals surface area contributed by atoms with Crippen molar-refractivity contribution < 1.29 is 14.0 Å². The topological polar surface area (TPSA) is 69.6 Å². The summed E-state index contributed by atoms with van der Waals surface area (Å²) in [6, 6.07) is 11.1. The Hall–Kier alpha value is -3.81. The van der Waals surface area contributed by atoms with Crippen molar-refractivity contribution in [3.63, 3.8) is 0 Å². The summed E-state index contributed by atoms with van der Waals surface area (Å²) in [6.45, 7) is 1.90. The maximum atomic E-state index is 14.0. The van der Waals surface area contributed by atoms with E-state index in [4.69, 9.17) is 4.98 Å². The van der Waals surface area contributed by atoms with E-state index in [1.807, 2.05) is 25.1 Å². The zero-order valence-electron chi connectivity index (χ0n) is 18.3. The molecular formula is C26H26FN5O2. The molecule has 0 saturated heterocycles.